The number of rotatable bonds is 10. The summed E-state index contributed by atoms with van der Waals surface area (Å²) in [6.07, 6.45) is -6.60. The molecule has 0 fully saturated rings. The fourth-order valence-corrected chi connectivity index (χ4v) is 4.61. The predicted octanol–water partition coefficient (Wildman–Crippen LogP) is 4.96. The van der Waals surface area contributed by atoms with Crippen molar-refractivity contribution in [1.82, 2.24) is 4.98 Å². The van der Waals surface area contributed by atoms with E-state index in [1.165, 1.54) is 39.5 Å². The van der Waals surface area contributed by atoms with Gasteiger partial charge in [0.25, 0.3) is 5.60 Å². The zero-order chi connectivity index (χ0) is 29.3. The number of fused-ring (bicyclic) bond motifs is 3. The van der Waals surface area contributed by atoms with Crippen LogP contribution in [0, 0.1) is 0 Å². The number of alkyl halides is 3. The van der Waals surface area contributed by atoms with Crippen LogP contribution in [0.25, 0.3) is 10.9 Å². The zero-order valence-corrected chi connectivity index (χ0v) is 22.9. The average Bonchev–Trinajstić information content (AvgIpc) is 3.42. The number of carbonyl (C=O) groups is 1. The number of hydrogen-bond acceptors (Lipinski definition) is 9. The Kier molecular flexibility index (Phi) is 8.04. The van der Waals surface area contributed by atoms with Crippen LogP contribution < -0.4 is 18.9 Å². The maximum absolute atomic E-state index is 14.6. The Balaban J connectivity index is 1.83. The van der Waals surface area contributed by atoms with E-state index >= 15 is 0 Å². The monoisotopic (exact) mass is 565 g/mol. The van der Waals surface area contributed by atoms with E-state index in [1.54, 1.807) is 26.0 Å². The van der Waals surface area contributed by atoms with Crippen molar-refractivity contribution in [3.05, 3.63) is 53.6 Å². The Hall–Kier alpha value is -3.77. The maximum atomic E-state index is 14.6. The molecule has 2 atom stereocenters. The van der Waals surface area contributed by atoms with Gasteiger partial charge in [0.05, 0.1) is 25.4 Å². The Morgan fingerprint density at radius 1 is 0.975 bits per heavy atom. The summed E-state index contributed by atoms with van der Waals surface area (Å²) >= 11 is 0. The van der Waals surface area contributed by atoms with Crippen LogP contribution in [0.1, 0.15) is 25.0 Å². The lowest BCUT2D eigenvalue weighted by atomic mass is 9.91. The molecule has 0 N–H and O–H groups in total. The van der Waals surface area contributed by atoms with E-state index in [9.17, 15) is 18.0 Å². The molecule has 9 nitrogen and oxygen atoms in total. The van der Waals surface area contributed by atoms with E-state index in [0.717, 1.165) is 19.2 Å². The lowest BCUT2D eigenvalue weighted by Crippen LogP contribution is -2.54. The van der Waals surface area contributed by atoms with E-state index in [-0.39, 0.29) is 19.1 Å². The van der Waals surface area contributed by atoms with E-state index in [4.69, 9.17) is 33.2 Å². The molecule has 0 aliphatic carbocycles. The molecule has 2 heterocycles. The van der Waals surface area contributed by atoms with Gasteiger partial charge in [0.1, 0.15) is 17.4 Å². The lowest BCUT2D eigenvalue weighted by molar-refractivity contribution is -0.281. The summed E-state index contributed by atoms with van der Waals surface area (Å²) in [4.78, 5) is 18.1. The second kappa shape index (κ2) is 11.0. The van der Waals surface area contributed by atoms with Crippen LogP contribution in [-0.2, 0) is 31.0 Å². The van der Waals surface area contributed by atoms with Gasteiger partial charge in [0, 0.05) is 31.6 Å². The number of carbonyl (C=O) groups excluding carboxylic acids is 1. The first-order chi connectivity index (χ1) is 18.9. The highest BCUT2D eigenvalue weighted by Gasteiger charge is 2.64. The first-order valence-electron chi connectivity index (χ1n) is 12.2. The Labute approximate surface area is 229 Å². The van der Waals surface area contributed by atoms with Gasteiger partial charge in [-0.15, -0.1) is 0 Å². The van der Waals surface area contributed by atoms with Crippen molar-refractivity contribution >= 4 is 16.9 Å². The number of halogens is 3. The molecule has 1 aliphatic rings. The van der Waals surface area contributed by atoms with Crippen LogP contribution in [0.5, 0.6) is 23.1 Å². The normalized spacial score (nSPS) is 15.4. The molecule has 40 heavy (non-hydrogen) atoms. The standard InChI is InChI=1S/C28H30F3NO8/c1-26(2,36-5)20(40-25(33)27(37-6,28(29,30)31)16-10-8-7-9-11-16)14-18-22(34-3)17-12-13-19-23(39-15-38-19)21(17)32-24(18)35-4/h7-13,20H,14-15H2,1-6H3/t20-,27-/m1/s1. The van der Waals surface area contributed by atoms with E-state index in [0.29, 0.717) is 33.7 Å². The molecule has 0 spiro atoms. The molecule has 216 valence electrons. The quantitative estimate of drug-likeness (QED) is 0.316. The number of esters is 1. The van der Waals surface area contributed by atoms with Gasteiger partial charge in [-0.2, -0.15) is 13.2 Å². The van der Waals surface area contributed by atoms with Gasteiger partial charge < -0.3 is 33.2 Å². The number of nitrogens with zero attached hydrogens (tertiary/aromatic N) is 1. The predicted molar refractivity (Wildman–Crippen MR) is 137 cm³/mol. The molecule has 0 amide bonds. The first-order valence-corrected chi connectivity index (χ1v) is 12.2. The molecule has 0 bridgehead atoms. The average molecular weight is 566 g/mol. The second-order valence-corrected chi connectivity index (χ2v) is 9.48. The fourth-order valence-electron chi connectivity index (χ4n) is 4.61. The summed E-state index contributed by atoms with van der Waals surface area (Å²) in [5, 5.41) is 0.536. The van der Waals surface area contributed by atoms with Crippen LogP contribution in [0.3, 0.4) is 0 Å². The van der Waals surface area contributed by atoms with E-state index in [1.807, 2.05) is 0 Å². The van der Waals surface area contributed by atoms with Gasteiger partial charge in [-0.3, -0.25) is 0 Å². The van der Waals surface area contributed by atoms with E-state index in [2.05, 4.69) is 4.98 Å². The Morgan fingerprint density at radius 3 is 2.25 bits per heavy atom. The molecular weight excluding hydrogens is 535 g/mol. The fraction of sp³-hybridized carbons (Fsp3) is 0.429. The SMILES string of the molecule is COc1nc2c3c(ccc2c(OC)c1C[C@@H](OC(=O)[C@](OC)(c1ccccc1)C(F)(F)F)C(C)(C)OC)OCO3. The maximum Gasteiger partial charge on any atom is 0.432 e. The third-order valence-corrected chi connectivity index (χ3v) is 7.01. The topological polar surface area (TPSA) is 94.6 Å². The minimum absolute atomic E-state index is 0.0183. The summed E-state index contributed by atoms with van der Waals surface area (Å²) in [5.41, 5.74) is -4.33. The van der Waals surface area contributed by atoms with Crippen molar-refractivity contribution in [3.63, 3.8) is 0 Å². The summed E-state index contributed by atoms with van der Waals surface area (Å²) in [6, 6.07) is 9.99. The third kappa shape index (κ3) is 4.86. The van der Waals surface area contributed by atoms with Crippen molar-refractivity contribution in [2.24, 2.45) is 0 Å². The van der Waals surface area contributed by atoms with E-state index < -0.39 is 35.0 Å². The van der Waals surface area contributed by atoms with Crippen molar-refractivity contribution in [2.75, 3.05) is 35.2 Å². The van der Waals surface area contributed by atoms with Crippen LogP contribution in [0.4, 0.5) is 13.2 Å². The molecule has 1 aromatic heterocycles. The second-order valence-electron chi connectivity index (χ2n) is 9.48. The molecule has 0 unspecified atom stereocenters. The van der Waals surface area contributed by atoms with Crippen molar-refractivity contribution in [1.29, 1.82) is 0 Å². The van der Waals surface area contributed by atoms with Gasteiger partial charge in [-0.25, -0.2) is 9.78 Å². The Bertz CT molecular complexity index is 1380. The summed E-state index contributed by atoms with van der Waals surface area (Å²) in [5.74, 6) is -0.353. The largest absolute Gasteiger partial charge is 0.496 e. The van der Waals surface area contributed by atoms with Crippen molar-refractivity contribution in [3.8, 4) is 23.1 Å². The van der Waals surface area contributed by atoms with Crippen LogP contribution in [0.15, 0.2) is 42.5 Å². The van der Waals surface area contributed by atoms with Crippen LogP contribution in [0.2, 0.25) is 0 Å². The van der Waals surface area contributed by atoms with Gasteiger partial charge >= 0.3 is 12.1 Å². The van der Waals surface area contributed by atoms with Gasteiger partial charge in [-0.1, -0.05) is 30.3 Å². The number of pyridine rings is 1. The number of methoxy groups -OCH3 is 4. The smallest absolute Gasteiger partial charge is 0.432 e. The molecular formula is C28H30F3NO8. The molecule has 2 aromatic carbocycles. The molecule has 0 radical (unpaired) electrons. The van der Waals surface area contributed by atoms with Crippen LogP contribution >= 0.6 is 0 Å². The minimum Gasteiger partial charge on any atom is -0.496 e. The lowest BCUT2D eigenvalue weighted by Gasteiger charge is -2.38. The number of ether oxygens (including phenoxy) is 7. The molecule has 0 saturated heterocycles. The zero-order valence-electron chi connectivity index (χ0n) is 22.9. The molecule has 4 rings (SSSR count). The number of hydrogen-bond donors (Lipinski definition) is 0. The molecule has 1 aliphatic heterocycles. The highest BCUT2D eigenvalue weighted by atomic mass is 19.4. The summed E-state index contributed by atoms with van der Waals surface area (Å²) < 4.78 is 82.1. The summed E-state index contributed by atoms with van der Waals surface area (Å²) in [6.45, 7) is 3.19. The van der Waals surface area contributed by atoms with Gasteiger partial charge in [0.15, 0.2) is 11.5 Å². The highest BCUT2D eigenvalue weighted by molar-refractivity contribution is 5.94. The number of aromatic nitrogens is 1. The van der Waals surface area contributed by atoms with Crippen LogP contribution in [-0.4, -0.2) is 64.1 Å². The van der Waals surface area contributed by atoms with Gasteiger partial charge in [0.2, 0.25) is 12.7 Å². The minimum atomic E-state index is -5.15. The highest BCUT2D eigenvalue weighted by Crippen LogP contribution is 2.46. The number of benzene rings is 2. The third-order valence-electron chi connectivity index (χ3n) is 7.01. The van der Waals surface area contributed by atoms with Crippen molar-refractivity contribution < 1.29 is 51.1 Å². The molecule has 3 aromatic rings. The molecule has 0 saturated carbocycles. The Morgan fingerprint density at radius 2 is 1.68 bits per heavy atom. The first kappa shape index (κ1) is 29.2. The summed E-state index contributed by atoms with van der Waals surface area (Å²) in [7, 11) is 4.98. The van der Waals surface area contributed by atoms with Crippen molar-refractivity contribution in [2.45, 2.75) is 43.8 Å². The molecule has 12 heteroatoms. The van der Waals surface area contributed by atoms with Gasteiger partial charge in [-0.05, 0) is 26.0 Å².